The second kappa shape index (κ2) is 9.23. The number of nitrogens with zero attached hydrogens (tertiary/aromatic N) is 2. The molecular formula is C24H31N5O4. The number of fused-ring (bicyclic) bond motifs is 1. The molecule has 3 N–H and O–H groups in total. The highest BCUT2D eigenvalue weighted by molar-refractivity contribution is 6.05. The van der Waals surface area contributed by atoms with Gasteiger partial charge in [0.1, 0.15) is 6.04 Å². The number of hydrogen-bond acceptors (Lipinski definition) is 6. The topological polar surface area (TPSA) is 111 Å². The molecule has 4 heterocycles. The number of likely N-dealkylation sites (tertiary alicyclic amines) is 1. The van der Waals surface area contributed by atoms with E-state index in [1.54, 1.807) is 4.90 Å². The van der Waals surface area contributed by atoms with E-state index in [1.165, 1.54) is 0 Å². The summed E-state index contributed by atoms with van der Waals surface area (Å²) in [7, 11) is 0. The van der Waals surface area contributed by atoms with E-state index in [4.69, 9.17) is 0 Å². The van der Waals surface area contributed by atoms with Gasteiger partial charge in [-0.3, -0.25) is 24.5 Å². The van der Waals surface area contributed by atoms with Gasteiger partial charge in [0.05, 0.1) is 6.04 Å². The van der Waals surface area contributed by atoms with Crippen LogP contribution in [0.2, 0.25) is 0 Å². The van der Waals surface area contributed by atoms with Gasteiger partial charge in [0.15, 0.2) is 0 Å². The van der Waals surface area contributed by atoms with Gasteiger partial charge in [0.25, 0.3) is 5.91 Å². The van der Waals surface area contributed by atoms with Gasteiger partial charge >= 0.3 is 0 Å². The first kappa shape index (κ1) is 22.0. The molecule has 9 nitrogen and oxygen atoms in total. The Morgan fingerprint density at radius 2 is 1.91 bits per heavy atom. The highest BCUT2D eigenvalue weighted by atomic mass is 16.2. The zero-order valence-electron chi connectivity index (χ0n) is 18.8. The van der Waals surface area contributed by atoms with Gasteiger partial charge in [-0.2, -0.15) is 0 Å². The van der Waals surface area contributed by atoms with E-state index in [0.29, 0.717) is 31.1 Å². The van der Waals surface area contributed by atoms with Crippen LogP contribution in [0.25, 0.3) is 0 Å². The summed E-state index contributed by atoms with van der Waals surface area (Å²) in [6.45, 7) is 3.60. The van der Waals surface area contributed by atoms with Crippen LogP contribution in [-0.2, 0) is 27.5 Å². The van der Waals surface area contributed by atoms with Gasteiger partial charge in [-0.25, -0.2) is 0 Å². The molecule has 0 spiro atoms. The fourth-order valence-corrected chi connectivity index (χ4v) is 5.42. The number of hydrogen-bond donors (Lipinski definition) is 3. The lowest BCUT2D eigenvalue weighted by molar-refractivity contribution is -0.137. The van der Waals surface area contributed by atoms with E-state index in [0.717, 1.165) is 56.4 Å². The third kappa shape index (κ3) is 4.52. The van der Waals surface area contributed by atoms with Crippen LogP contribution in [0, 0.1) is 0 Å². The maximum atomic E-state index is 12.8. The van der Waals surface area contributed by atoms with Crippen LogP contribution < -0.4 is 16.0 Å². The van der Waals surface area contributed by atoms with Crippen LogP contribution in [0.1, 0.15) is 60.0 Å². The largest absolute Gasteiger partial charge is 0.341 e. The normalized spacial score (nSPS) is 26.0. The summed E-state index contributed by atoms with van der Waals surface area (Å²) in [5.74, 6) is -0.565. The molecule has 5 rings (SSSR count). The fraction of sp³-hybridized carbons (Fsp3) is 0.583. The van der Waals surface area contributed by atoms with E-state index >= 15 is 0 Å². The predicted octanol–water partition coefficient (Wildman–Crippen LogP) is 0.280. The number of carbonyl (C=O) groups is 4. The Morgan fingerprint density at radius 3 is 2.64 bits per heavy atom. The lowest BCUT2D eigenvalue weighted by atomic mass is 10.0. The summed E-state index contributed by atoms with van der Waals surface area (Å²) in [6.07, 6.45) is 4.52. The Bertz CT molecular complexity index is 966. The first-order valence-corrected chi connectivity index (χ1v) is 12.0. The molecule has 1 aromatic carbocycles. The summed E-state index contributed by atoms with van der Waals surface area (Å²) in [4.78, 5) is 52.6. The molecule has 9 heteroatoms. The Hall–Kier alpha value is -2.78. The number of piperidine rings is 2. The average molecular weight is 454 g/mol. The van der Waals surface area contributed by atoms with Gasteiger partial charge in [-0.15, -0.1) is 0 Å². The first-order valence-electron chi connectivity index (χ1n) is 12.0. The molecule has 176 valence electrons. The Kier molecular flexibility index (Phi) is 6.16. The summed E-state index contributed by atoms with van der Waals surface area (Å²) in [6, 6.07) is 5.62. The first-order chi connectivity index (χ1) is 16.0. The summed E-state index contributed by atoms with van der Waals surface area (Å²) >= 11 is 0. The molecule has 1 unspecified atom stereocenters. The maximum absolute atomic E-state index is 12.8. The van der Waals surface area contributed by atoms with Gasteiger partial charge in [-0.1, -0.05) is 12.1 Å². The van der Waals surface area contributed by atoms with Crippen molar-refractivity contribution in [2.75, 3.05) is 19.6 Å². The summed E-state index contributed by atoms with van der Waals surface area (Å²) in [5.41, 5.74) is 2.66. The molecule has 0 radical (unpaired) electrons. The zero-order valence-corrected chi connectivity index (χ0v) is 18.8. The Morgan fingerprint density at radius 1 is 1.09 bits per heavy atom. The number of carbonyl (C=O) groups excluding carboxylic acids is 4. The zero-order chi connectivity index (χ0) is 22.9. The summed E-state index contributed by atoms with van der Waals surface area (Å²) in [5, 5.41) is 9.23. The van der Waals surface area contributed by atoms with Crippen molar-refractivity contribution in [3.8, 4) is 0 Å². The third-order valence-corrected chi connectivity index (χ3v) is 7.35. The van der Waals surface area contributed by atoms with Crippen molar-refractivity contribution in [3.05, 3.63) is 34.9 Å². The lowest BCUT2D eigenvalue weighted by Gasteiger charge is -2.34. The van der Waals surface area contributed by atoms with Crippen LogP contribution >= 0.6 is 0 Å². The number of nitrogens with one attached hydrogen (secondary N) is 3. The van der Waals surface area contributed by atoms with Crippen molar-refractivity contribution in [2.24, 2.45) is 0 Å². The number of benzene rings is 1. The van der Waals surface area contributed by atoms with Crippen molar-refractivity contribution < 1.29 is 19.2 Å². The Balaban J connectivity index is 1.13. The quantitative estimate of drug-likeness (QED) is 0.553. The van der Waals surface area contributed by atoms with Crippen molar-refractivity contribution >= 4 is 23.6 Å². The number of amides is 4. The monoisotopic (exact) mass is 453 g/mol. The molecule has 1 aromatic rings. The molecule has 33 heavy (non-hydrogen) atoms. The van der Waals surface area contributed by atoms with Gasteiger partial charge in [0.2, 0.25) is 17.7 Å². The second-order valence-corrected chi connectivity index (χ2v) is 9.52. The third-order valence-electron chi connectivity index (χ3n) is 7.35. The van der Waals surface area contributed by atoms with E-state index in [2.05, 4.69) is 16.0 Å². The number of rotatable bonds is 5. The van der Waals surface area contributed by atoms with Crippen molar-refractivity contribution in [1.29, 1.82) is 0 Å². The molecule has 0 aliphatic carbocycles. The fourth-order valence-electron chi connectivity index (χ4n) is 5.42. The minimum absolute atomic E-state index is 0.00312. The molecule has 4 amide bonds. The van der Waals surface area contributed by atoms with Gasteiger partial charge in [0, 0.05) is 44.2 Å². The van der Waals surface area contributed by atoms with Gasteiger partial charge < -0.3 is 20.4 Å². The maximum Gasteiger partial charge on any atom is 0.255 e. The SMILES string of the molecule is O=C1CCC(N2Cc3cc(CNC4CCN(C(=O)[C@@H]5CCCN5)CC4)ccc3C2=O)C(=O)N1. The van der Waals surface area contributed by atoms with E-state index in [9.17, 15) is 19.2 Å². The molecule has 0 saturated carbocycles. The standard InChI is InChI=1S/C24H31N5O4/c30-21-6-5-20(22(31)27-21)29-14-16-12-15(3-4-18(16)23(29)32)13-26-17-7-10-28(11-8-17)24(33)19-2-1-9-25-19/h3-4,12,17,19-20,25-26H,1-2,5-11,13-14H2,(H,27,30,31)/t19-,20?/m0/s1. The van der Waals surface area contributed by atoms with E-state index in [-0.39, 0.29) is 36.1 Å². The van der Waals surface area contributed by atoms with Crippen LogP contribution in [-0.4, -0.2) is 71.2 Å². The lowest BCUT2D eigenvalue weighted by Crippen LogP contribution is -2.52. The Labute approximate surface area is 193 Å². The van der Waals surface area contributed by atoms with E-state index in [1.807, 2.05) is 23.1 Å². The van der Waals surface area contributed by atoms with Gasteiger partial charge in [-0.05, 0) is 55.8 Å². The molecule has 0 aromatic heterocycles. The highest BCUT2D eigenvalue weighted by Gasteiger charge is 2.39. The molecule has 3 saturated heterocycles. The van der Waals surface area contributed by atoms with Crippen LogP contribution in [0.15, 0.2) is 18.2 Å². The molecule has 0 bridgehead atoms. The molecular weight excluding hydrogens is 422 g/mol. The highest BCUT2D eigenvalue weighted by Crippen LogP contribution is 2.28. The molecule has 4 aliphatic rings. The van der Waals surface area contributed by atoms with Crippen LogP contribution in [0.4, 0.5) is 0 Å². The smallest absolute Gasteiger partial charge is 0.255 e. The number of imide groups is 1. The summed E-state index contributed by atoms with van der Waals surface area (Å²) < 4.78 is 0. The second-order valence-electron chi connectivity index (χ2n) is 9.52. The van der Waals surface area contributed by atoms with Crippen LogP contribution in [0.5, 0.6) is 0 Å². The molecule has 2 atom stereocenters. The van der Waals surface area contributed by atoms with Crippen molar-refractivity contribution in [2.45, 2.75) is 69.7 Å². The van der Waals surface area contributed by atoms with Crippen molar-refractivity contribution in [1.82, 2.24) is 25.8 Å². The van der Waals surface area contributed by atoms with Crippen LogP contribution in [0.3, 0.4) is 0 Å². The molecule has 4 aliphatic heterocycles. The van der Waals surface area contributed by atoms with E-state index < -0.39 is 6.04 Å². The minimum Gasteiger partial charge on any atom is -0.341 e. The minimum atomic E-state index is -0.587. The average Bonchev–Trinajstić information content (AvgIpc) is 3.46. The van der Waals surface area contributed by atoms with Crippen molar-refractivity contribution in [3.63, 3.8) is 0 Å². The molecule has 3 fully saturated rings. The predicted molar refractivity (Wildman–Crippen MR) is 120 cm³/mol.